The van der Waals surface area contributed by atoms with Crippen molar-refractivity contribution in [1.82, 2.24) is 14.5 Å². The molecule has 7 heteroatoms. The molecule has 80 valence electrons. The number of aromatic nitrogens is 2. The van der Waals surface area contributed by atoms with Gasteiger partial charge >= 0.3 is 0 Å². The number of sulfonamides is 1. The fourth-order valence-electron chi connectivity index (χ4n) is 1.06. The molecule has 0 aliphatic rings. The largest absolute Gasteiger partial charge is 0.271 e. The molecule has 0 spiro atoms. The summed E-state index contributed by atoms with van der Waals surface area (Å²) in [7, 11) is -3.35. The van der Waals surface area contributed by atoms with E-state index in [4.69, 9.17) is 11.6 Å². The summed E-state index contributed by atoms with van der Waals surface area (Å²) in [5.74, 6) is 0. The van der Waals surface area contributed by atoms with Crippen molar-refractivity contribution in [2.45, 2.75) is 19.5 Å². The van der Waals surface area contributed by atoms with E-state index in [1.807, 2.05) is 0 Å². The van der Waals surface area contributed by atoms with E-state index in [1.54, 1.807) is 30.1 Å². The molecular formula is C7H12ClN3O2S. The highest BCUT2D eigenvalue weighted by atomic mass is 35.5. The second-order valence-corrected chi connectivity index (χ2v) is 5.31. The minimum Gasteiger partial charge on any atom is -0.271 e. The predicted molar refractivity (Wildman–Crippen MR) is 54.5 cm³/mol. The monoisotopic (exact) mass is 237 g/mol. The molecule has 1 N–H and O–H groups in total. The van der Waals surface area contributed by atoms with Crippen molar-refractivity contribution in [3.63, 3.8) is 0 Å². The highest BCUT2D eigenvalue weighted by Gasteiger charge is 2.12. The molecule has 0 fully saturated rings. The molecule has 1 atom stereocenters. The summed E-state index contributed by atoms with van der Waals surface area (Å²) in [6.45, 7) is 2.24. The van der Waals surface area contributed by atoms with Crippen LogP contribution in [0.25, 0.3) is 0 Å². The maximum absolute atomic E-state index is 11.1. The van der Waals surface area contributed by atoms with Crippen molar-refractivity contribution in [3.05, 3.63) is 18.5 Å². The summed E-state index contributed by atoms with van der Waals surface area (Å²) in [6, 6.07) is 1.56. The first kappa shape index (κ1) is 11.5. The summed E-state index contributed by atoms with van der Waals surface area (Å²) in [5, 5.41) is 3.54. The van der Waals surface area contributed by atoms with Gasteiger partial charge in [0.25, 0.3) is 0 Å². The van der Waals surface area contributed by atoms with E-state index in [0.29, 0.717) is 6.54 Å². The lowest BCUT2D eigenvalue weighted by Gasteiger charge is -2.12. The molecule has 1 aromatic rings. The van der Waals surface area contributed by atoms with Crippen LogP contribution >= 0.6 is 11.6 Å². The Balaban J connectivity index is 2.48. The van der Waals surface area contributed by atoms with Crippen LogP contribution in [0.2, 0.25) is 0 Å². The SMILES string of the molecule is CC(Cn1cccn1)NS(=O)(=O)CCl. The van der Waals surface area contributed by atoms with E-state index in [0.717, 1.165) is 0 Å². The molecule has 0 aromatic carbocycles. The lowest BCUT2D eigenvalue weighted by molar-refractivity contribution is 0.495. The van der Waals surface area contributed by atoms with E-state index in [-0.39, 0.29) is 6.04 Å². The van der Waals surface area contributed by atoms with Gasteiger partial charge in [0, 0.05) is 18.4 Å². The minimum atomic E-state index is -3.35. The van der Waals surface area contributed by atoms with E-state index in [9.17, 15) is 8.42 Å². The van der Waals surface area contributed by atoms with Crippen molar-refractivity contribution in [2.24, 2.45) is 0 Å². The average Bonchev–Trinajstić information content (AvgIpc) is 2.55. The third-order valence-corrected chi connectivity index (χ3v) is 3.46. The van der Waals surface area contributed by atoms with E-state index in [2.05, 4.69) is 9.82 Å². The molecule has 1 heterocycles. The normalized spacial score (nSPS) is 14.1. The van der Waals surface area contributed by atoms with Crippen molar-refractivity contribution >= 4 is 21.6 Å². The van der Waals surface area contributed by atoms with Gasteiger partial charge < -0.3 is 0 Å². The Hall–Kier alpha value is -0.590. The van der Waals surface area contributed by atoms with Crippen LogP contribution in [0.1, 0.15) is 6.92 Å². The van der Waals surface area contributed by atoms with Crippen LogP contribution in [0.15, 0.2) is 18.5 Å². The molecule has 14 heavy (non-hydrogen) atoms. The van der Waals surface area contributed by atoms with E-state index < -0.39 is 15.2 Å². The first-order valence-corrected chi connectivity index (χ1v) is 6.25. The molecule has 0 radical (unpaired) electrons. The second-order valence-electron chi connectivity index (χ2n) is 2.97. The van der Waals surface area contributed by atoms with Gasteiger partial charge in [0.2, 0.25) is 10.0 Å². The number of hydrogen-bond acceptors (Lipinski definition) is 3. The fraction of sp³-hybridized carbons (Fsp3) is 0.571. The number of nitrogens with one attached hydrogen (secondary N) is 1. The van der Waals surface area contributed by atoms with Gasteiger partial charge in [-0.15, -0.1) is 11.6 Å². The Labute approximate surface area is 88.1 Å². The molecule has 0 aliphatic heterocycles. The molecule has 1 aromatic heterocycles. The molecule has 0 bridgehead atoms. The molecule has 0 aliphatic carbocycles. The Morgan fingerprint density at radius 1 is 1.64 bits per heavy atom. The Kier molecular flexibility index (Phi) is 3.91. The molecular weight excluding hydrogens is 226 g/mol. The van der Waals surface area contributed by atoms with Crippen molar-refractivity contribution in [2.75, 3.05) is 5.21 Å². The zero-order valence-electron chi connectivity index (χ0n) is 7.72. The zero-order valence-corrected chi connectivity index (χ0v) is 9.29. The zero-order chi connectivity index (χ0) is 10.6. The average molecular weight is 238 g/mol. The van der Waals surface area contributed by atoms with Crippen LogP contribution in [0, 0.1) is 0 Å². The number of halogens is 1. The molecule has 0 saturated carbocycles. The summed E-state index contributed by atoms with van der Waals surface area (Å²) in [5.41, 5.74) is 0. The van der Waals surface area contributed by atoms with Crippen LogP contribution in [0.5, 0.6) is 0 Å². The highest BCUT2D eigenvalue weighted by Crippen LogP contribution is 1.95. The van der Waals surface area contributed by atoms with Gasteiger partial charge in [-0.25, -0.2) is 13.1 Å². The van der Waals surface area contributed by atoms with Gasteiger partial charge in [-0.3, -0.25) is 4.68 Å². The topological polar surface area (TPSA) is 64.0 Å². The third-order valence-electron chi connectivity index (χ3n) is 1.54. The van der Waals surface area contributed by atoms with Gasteiger partial charge in [-0.05, 0) is 13.0 Å². The van der Waals surface area contributed by atoms with Crippen LogP contribution in [0.3, 0.4) is 0 Å². The summed E-state index contributed by atoms with van der Waals surface area (Å²) in [6.07, 6.45) is 3.41. The van der Waals surface area contributed by atoms with Gasteiger partial charge in [0.05, 0.1) is 6.54 Å². The number of nitrogens with zero attached hydrogens (tertiary/aromatic N) is 2. The minimum absolute atomic E-state index is 0.223. The van der Waals surface area contributed by atoms with Crippen LogP contribution in [-0.4, -0.2) is 29.5 Å². The Morgan fingerprint density at radius 2 is 2.36 bits per heavy atom. The molecule has 1 unspecified atom stereocenters. The number of hydrogen-bond donors (Lipinski definition) is 1. The Morgan fingerprint density at radius 3 is 2.86 bits per heavy atom. The molecule has 0 saturated heterocycles. The fourth-order valence-corrected chi connectivity index (χ4v) is 2.00. The number of rotatable bonds is 5. The lowest BCUT2D eigenvalue weighted by Crippen LogP contribution is -2.36. The molecule has 1 rings (SSSR count). The quantitative estimate of drug-likeness (QED) is 0.754. The lowest BCUT2D eigenvalue weighted by atomic mass is 10.4. The summed E-state index contributed by atoms with van der Waals surface area (Å²) in [4.78, 5) is 0. The van der Waals surface area contributed by atoms with Gasteiger partial charge in [-0.1, -0.05) is 0 Å². The predicted octanol–water partition coefficient (Wildman–Crippen LogP) is 0.387. The van der Waals surface area contributed by atoms with Crippen molar-refractivity contribution in [3.8, 4) is 0 Å². The van der Waals surface area contributed by atoms with Crippen LogP contribution in [0.4, 0.5) is 0 Å². The maximum atomic E-state index is 11.1. The van der Waals surface area contributed by atoms with Crippen molar-refractivity contribution in [1.29, 1.82) is 0 Å². The first-order chi connectivity index (χ1) is 6.53. The van der Waals surface area contributed by atoms with Crippen molar-refractivity contribution < 1.29 is 8.42 Å². The van der Waals surface area contributed by atoms with Gasteiger partial charge in [-0.2, -0.15) is 5.10 Å². The maximum Gasteiger partial charge on any atom is 0.225 e. The standard InChI is InChI=1S/C7H12ClN3O2S/c1-7(10-14(12,13)6-8)5-11-4-2-3-9-11/h2-4,7,10H,5-6H2,1H3. The highest BCUT2D eigenvalue weighted by molar-refractivity contribution is 7.90. The summed E-state index contributed by atoms with van der Waals surface area (Å²) < 4.78 is 26.2. The summed E-state index contributed by atoms with van der Waals surface area (Å²) >= 11 is 5.25. The smallest absolute Gasteiger partial charge is 0.225 e. The number of alkyl halides is 1. The van der Waals surface area contributed by atoms with E-state index >= 15 is 0 Å². The van der Waals surface area contributed by atoms with E-state index in [1.165, 1.54) is 0 Å². The van der Waals surface area contributed by atoms with Crippen LogP contribution < -0.4 is 4.72 Å². The van der Waals surface area contributed by atoms with Crippen LogP contribution in [-0.2, 0) is 16.6 Å². The Bertz CT molecular complexity index is 362. The van der Waals surface area contributed by atoms with Gasteiger partial charge in [0.1, 0.15) is 5.21 Å². The first-order valence-electron chi connectivity index (χ1n) is 4.07. The third kappa shape index (κ3) is 3.65. The molecule has 0 amide bonds. The second kappa shape index (κ2) is 4.77. The van der Waals surface area contributed by atoms with Gasteiger partial charge in [0.15, 0.2) is 0 Å². The molecule has 5 nitrogen and oxygen atoms in total.